The van der Waals surface area contributed by atoms with Crippen LogP contribution in [-0.4, -0.2) is 25.7 Å². The summed E-state index contributed by atoms with van der Waals surface area (Å²) in [6.45, 7) is 3.06. The average Bonchev–Trinajstić information content (AvgIpc) is 3.28. The Balaban J connectivity index is 1.50. The summed E-state index contributed by atoms with van der Waals surface area (Å²) in [5.41, 5.74) is 9.52. The van der Waals surface area contributed by atoms with E-state index < -0.39 is 18.5 Å². The Bertz CT molecular complexity index is 1530. The molecule has 4 aromatic rings. The molecule has 0 fully saturated rings. The molecule has 0 heterocycles. The highest BCUT2D eigenvalue weighted by Gasteiger charge is 2.27. The smallest absolute Gasteiger partial charge is 0.349 e. The molecule has 5 heteroatoms. The summed E-state index contributed by atoms with van der Waals surface area (Å²) in [4.78, 5) is 22.9. The van der Waals surface area contributed by atoms with Crippen molar-refractivity contribution in [3.05, 3.63) is 119 Å². The number of carbonyl (C=O) groups excluding carboxylic acids is 2. The zero-order valence-corrected chi connectivity index (χ0v) is 22.3. The van der Waals surface area contributed by atoms with Gasteiger partial charge in [0.25, 0.3) is 0 Å². The number of rotatable bonds is 8. The monoisotopic (exact) mass is 518 g/mol. The second-order valence-electron chi connectivity index (χ2n) is 9.46. The second kappa shape index (κ2) is 11.4. The van der Waals surface area contributed by atoms with E-state index in [9.17, 15) is 9.59 Å². The van der Waals surface area contributed by atoms with E-state index in [1.54, 1.807) is 19.2 Å². The van der Waals surface area contributed by atoms with Gasteiger partial charge in [0, 0.05) is 12.8 Å². The SMILES string of the molecule is CCC1c2ccccc2-c2ccc(C=C(c3ccc(OC)cc3)c3ccc(OC(=O)COC(C)=O)cc3)cc21. The molecule has 0 bridgehead atoms. The fraction of sp³-hybridized carbons (Fsp3) is 0.176. The molecule has 0 spiro atoms. The maximum Gasteiger partial charge on any atom is 0.349 e. The lowest BCUT2D eigenvalue weighted by atomic mass is 9.91. The first-order chi connectivity index (χ1) is 19.0. The van der Waals surface area contributed by atoms with E-state index in [2.05, 4.69) is 55.5 Å². The van der Waals surface area contributed by atoms with Gasteiger partial charge < -0.3 is 14.2 Å². The molecule has 39 heavy (non-hydrogen) atoms. The van der Waals surface area contributed by atoms with Crippen molar-refractivity contribution in [2.45, 2.75) is 26.2 Å². The van der Waals surface area contributed by atoms with E-state index in [0.717, 1.165) is 34.4 Å². The lowest BCUT2D eigenvalue weighted by molar-refractivity contribution is -0.152. The van der Waals surface area contributed by atoms with E-state index in [1.807, 2.05) is 36.4 Å². The lowest BCUT2D eigenvalue weighted by Gasteiger charge is -2.13. The van der Waals surface area contributed by atoms with Crippen LogP contribution in [0.15, 0.2) is 91.0 Å². The Morgan fingerprint density at radius 3 is 2.08 bits per heavy atom. The first-order valence-corrected chi connectivity index (χ1v) is 13.0. The summed E-state index contributed by atoms with van der Waals surface area (Å²) < 4.78 is 15.4. The summed E-state index contributed by atoms with van der Waals surface area (Å²) in [6, 6.07) is 30.7. The Labute approximate surface area is 228 Å². The van der Waals surface area contributed by atoms with Gasteiger partial charge in [0.2, 0.25) is 0 Å². The standard InChI is InChI=1S/C34H30O5/c1-4-28-29-7-5-6-8-30(29)31-18-9-23(20-33(28)31)19-32(24-10-14-26(37-3)15-11-24)25-12-16-27(17-13-25)39-34(36)21-38-22(2)35/h5-20,28H,4,21H2,1-3H3. The molecule has 4 aromatic carbocycles. The Morgan fingerprint density at radius 2 is 1.44 bits per heavy atom. The van der Waals surface area contributed by atoms with Gasteiger partial charge in [-0.05, 0) is 81.3 Å². The Hall–Kier alpha value is -4.64. The van der Waals surface area contributed by atoms with Crippen LogP contribution in [0.25, 0.3) is 22.8 Å². The van der Waals surface area contributed by atoms with Gasteiger partial charge in [-0.3, -0.25) is 4.79 Å². The number of fused-ring (bicyclic) bond motifs is 3. The number of esters is 2. The molecule has 0 saturated heterocycles. The van der Waals surface area contributed by atoms with Gasteiger partial charge in [-0.15, -0.1) is 0 Å². The van der Waals surface area contributed by atoms with Gasteiger partial charge in [0.15, 0.2) is 6.61 Å². The highest BCUT2D eigenvalue weighted by Crippen LogP contribution is 2.46. The van der Waals surface area contributed by atoms with Crippen LogP contribution < -0.4 is 9.47 Å². The minimum absolute atomic E-state index is 0.381. The topological polar surface area (TPSA) is 61.8 Å². The van der Waals surface area contributed by atoms with Crippen LogP contribution in [0.1, 0.15) is 54.0 Å². The van der Waals surface area contributed by atoms with Crippen LogP contribution in [0.2, 0.25) is 0 Å². The molecule has 0 aromatic heterocycles. The van der Waals surface area contributed by atoms with Crippen molar-refractivity contribution in [2.24, 2.45) is 0 Å². The molecule has 5 rings (SSSR count). The molecule has 0 saturated carbocycles. The van der Waals surface area contributed by atoms with Crippen LogP contribution in [0.4, 0.5) is 0 Å². The molecule has 196 valence electrons. The maximum absolute atomic E-state index is 12.0. The fourth-order valence-corrected chi connectivity index (χ4v) is 5.15. The maximum atomic E-state index is 12.0. The van der Waals surface area contributed by atoms with Crippen molar-refractivity contribution >= 4 is 23.6 Å². The molecule has 1 aliphatic carbocycles. The van der Waals surface area contributed by atoms with Crippen molar-refractivity contribution < 1.29 is 23.8 Å². The third-order valence-electron chi connectivity index (χ3n) is 6.99. The van der Waals surface area contributed by atoms with Gasteiger partial charge in [0.1, 0.15) is 11.5 Å². The number of ether oxygens (including phenoxy) is 3. The van der Waals surface area contributed by atoms with E-state index in [1.165, 1.54) is 29.2 Å². The predicted molar refractivity (Wildman–Crippen MR) is 153 cm³/mol. The summed E-state index contributed by atoms with van der Waals surface area (Å²) in [5, 5.41) is 0. The van der Waals surface area contributed by atoms with Crippen molar-refractivity contribution in [3.63, 3.8) is 0 Å². The Morgan fingerprint density at radius 1 is 0.795 bits per heavy atom. The number of methoxy groups -OCH3 is 1. The zero-order chi connectivity index (χ0) is 27.4. The molecule has 0 amide bonds. The van der Waals surface area contributed by atoms with Crippen molar-refractivity contribution in [2.75, 3.05) is 13.7 Å². The number of hydrogen-bond donors (Lipinski definition) is 0. The fourth-order valence-electron chi connectivity index (χ4n) is 5.15. The third kappa shape index (κ3) is 5.63. The van der Waals surface area contributed by atoms with Gasteiger partial charge in [0.05, 0.1) is 7.11 Å². The number of benzene rings is 4. The summed E-state index contributed by atoms with van der Waals surface area (Å²) in [7, 11) is 1.65. The molecular weight excluding hydrogens is 488 g/mol. The predicted octanol–water partition coefficient (Wildman–Crippen LogP) is 7.27. The van der Waals surface area contributed by atoms with E-state index in [0.29, 0.717) is 11.7 Å². The van der Waals surface area contributed by atoms with Crippen LogP contribution >= 0.6 is 0 Å². The highest BCUT2D eigenvalue weighted by molar-refractivity contribution is 5.92. The molecule has 5 nitrogen and oxygen atoms in total. The second-order valence-corrected chi connectivity index (χ2v) is 9.46. The van der Waals surface area contributed by atoms with Gasteiger partial charge in [-0.25, -0.2) is 4.79 Å². The van der Waals surface area contributed by atoms with Crippen molar-refractivity contribution in [1.82, 2.24) is 0 Å². The van der Waals surface area contributed by atoms with Crippen molar-refractivity contribution in [1.29, 1.82) is 0 Å². The van der Waals surface area contributed by atoms with Gasteiger partial charge >= 0.3 is 11.9 Å². The van der Waals surface area contributed by atoms with Gasteiger partial charge in [-0.1, -0.05) is 73.7 Å². The lowest BCUT2D eigenvalue weighted by Crippen LogP contribution is -2.17. The highest BCUT2D eigenvalue weighted by atomic mass is 16.6. The third-order valence-corrected chi connectivity index (χ3v) is 6.99. The first-order valence-electron chi connectivity index (χ1n) is 13.0. The van der Waals surface area contributed by atoms with Crippen LogP contribution in [0.5, 0.6) is 11.5 Å². The van der Waals surface area contributed by atoms with Crippen molar-refractivity contribution in [3.8, 4) is 22.6 Å². The Kier molecular flexibility index (Phi) is 7.60. The number of hydrogen-bond acceptors (Lipinski definition) is 5. The normalized spacial score (nSPS) is 13.8. The molecular formula is C34H30O5. The van der Waals surface area contributed by atoms with E-state index >= 15 is 0 Å². The molecule has 0 radical (unpaired) electrons. The molecule has 0 aliphatic heterocycles. The average molecular weight is 519 g/mol. The minimum Gasteiger partial charge on any atom is -0.497 e. The summed E-state index contributed by atoms with van der Waals surface area (Å²) in [5.74, 6) is 0.390. The minimum atomic E-state index is -0.631. The van der Waals surface area contributed by atoms with E-state index in [-0.39, 0.29) is 0 Å². The molecule has 0 N–H and O–H groups in total. The van der Waals surface area contributed by atoms with Crippen LogP contribution in [0, 0.1) is 0 Å². The summed E-state index contributed by atoms with van der Waals surface area (Å²) >= 11 is 0. The molecule has 1 aliphatic rings. The first kappa shape index (κ1) is 26.0. The van der Waals surface area contributed by atoms with E-state index in [4.69, 9.17) is 14.2 Å². The molecule has 1 atom stereocenters. The largest absolute Gasteiger partial charge is 0.497 e. The van der Waals surface area contributed by atoms with Crippen LogP contribution in [-0.2, 0) is 14.3 Å². The quantitative estimate of drug-likeness (QED) is 0.139. The zero-order valence-electron chi connectivity index (χ0n) is 22.3. The number of carbonyl (C=O) groups is 2. The summed E-state index contributed by atoms with van der Waals surface area (Å²) in [6.07, 6.45) is 3.24. The molecule has 1 unspecified atom stereocenters. The van der Waals surface area contributed by atoms with Crippen LogP contribution in [0.3, 0.4) is 0 Å². The van der Waals surface area contributed by atoms with Gasteiger partial charge in [-0.2, -0.15) is 0 Å².